The van der Waals surface area contributed by atoms with Gasteiger partial charge in [0.15, 0.2) is 0 Å². The molecular weight excluding hydrogens is 224 g/mol. The Morgan fingerprint density at radius 1 is 1.53 bits per heavy atom. The van der Waals surface area contributed by atoms with Gasteiger partial charge in [0.25, 0.3) is 0 Å². The molecule has 0 atom stereocenters. The van der Waals surface area contributed by atoms with Crippen LogP contribution < -0.4 is 5.32 Å². The average molecular weight is 240 g/mol. The number of nitrogens with one attached hydrogen (secondary N) is 1. The Labute approximate surface area is 99.0 Å². The van der Waals surface area contributed by atoms with E-state index in [1.807, 2.05) is 0 Å². The Morgan fingerprint density at radius 2 is 2.18 bits per heavy atom. The SMILES string of the molecule is Cc1nocc1CCC(=O)NC(C)(C)C(=O)O. The first-order chi connectivity index (χ1) is 7.83. The molecule has 0 aliphatic carbocycles. The lowest BCUT2D eigenvalue weighted by molar-refractivity contribution is -0.146. The Balaban J connectivity index is 2.46. The van der Waals surface area contributed by atoms with Crippen molar-refractivity contribution in [3.63, 3.8) is 0 Å². The first-order valence-corrected chi connectivity index (χ1v) is 5.27. The van der Waals surface area contributed by atoms with Gasteiger partial charge >= 0.3 is 5.97 Å². The second-order valence-electron chi connectivity index (χ2n) is 4.40. The molecule has 0 spiro atoms. The maximum Gasteiger partial charge on any atom is 0.328 e. The third-order valence-corrected chi connectivity index (χ3v) is 2.46. The fraction of sp³-hybridized carbons (Fsp3) is 0.545. The van der Waals surface area contributed by atoms with E-state index in [1.54, 1.807) is 6.92 Å². The molecule has 0 fully saturated rings. The fourth-order valence-electron chi connectivity index (χ4n) is 1.27. The van der Waals surface area contributed by atoms with E-state index >= 15 is 0 Å². The number of carbonyl (C=O) groups is 2. The van der Waals surface area contributed by atoms with Gasteiger partial charge < -0.3 is 14.9 Å². The van der Waals surface area contributed by atoms with Crippen molar-refractivity contribution in [1.82, 2.24) is 10.5 Å². The summed E-state index contributed by atoms with van der Waals surface area (Å²) in [6.45, 7) is 4.67. The van der Waals surface area contributed by atoms with Crippen molar-refractivity contribution in [2.45, 2.75) is 39.2 Å². The summed E-state index contributed by atoms with van der Waals surface area (Å²) in [5, 5.41) is 15.0. The van der Waals surface area contributed by atoms with Crippen LogP contribution in [0.5, 0.6) is 0 Å². The first-order valence-electron chi connectivity index (χ1n) is 5.27. The topological polar surface area (TPSA) is 92.4 Å². The van der Waals surface area contributed by atoms with Crippen LogP contribution in [-0.2, 0) is 16.0 Å². The van der Waals surface area contributed by atoms with E-state index in [2.05, 4.69) is 10.5 Å². The van der Waals surface area contributed by atoms with Crippen LogP contribution in [0, 0.1) is 6.92 Å². The third kappa shape index (κ3) is 3.58. The number of carbonyl (C=O) groups excluding carboxylic acids is 1. The first kappa shape index (κ1) is 13.2. The minimum absolute atomic E-state index is 0.207. The molecule has 6 heteroatoms. The fourth-order valence-corrected chi connectivity index (χ4v) is 1.27. The molecule has 0 aliphatic rings. The summed E-state index contributed by atoms with van der Waals surface area (Å²) in [6, 6.07) is 0. The zero-order chi connectivity index (χ0) is 13.1. The molecule has 1 aromatic rings. The zero-order valence-corrected chi connectivity index (χ0v) is 10.1. The van der Waals surface area contributed by atoms with E-state index < -0.39 is 11.5 Å². The van der Waals surface area contributed by atoms with E-state index in [0.29, 0.717) is 6.42 Å². The summed E-state index contributed by atoms with van der Waals surface area (Å²) in [6.07, 6.45) is 2.18. The molecule has 17 heavy (non-hydrogen) atoms. The van der Waals surface area contributed by atoms with Crippen molar-refractivity contribution < 1.29 is 19.2 Å². The van der Waals surface area contributed by atoms with Crippen LogP contribution in [0.3, 0.4) is 0 Å². The van der Waals surface area contributed by atoms with E-state index in [-0.39, 0.29) is 12.3 Å². The number of carboxylic acid groups (broad SMARTS) is 1. The van der Waals surface area contributed by atoms with E-state index in [4.69, 9.17) is 9.63 Å². The smallest absolute Gasteiger partial charge is 0.328 e. The van der Waals surface area contributed by atoms with Gasteiger partial charge in [-0.1, -0.05) is 5.16 Å². The van der Waals surface area contributed by atoms with Crippen LogP contribution in [-0.4, -0.2) is 27.7 Å². The van der Waals surface area contributed by atoms with E-state index in [0.717, 1.165) is 11.3 Å². The Bertz CT molecular complexity index is 423. The van der Waals surface area contributed by atoms with Crippen LogP contribution in [0.2, 0.25) is 0 Å². The maximum absolute atomic E-state index is 11.5. The van der Waals surface area contributed by atoms with Gasteiger partial charge in [0.05, 0.1) is 5.69 Å². The minimum Gasteiger partial charge on any atom is -0.480 e. The number of carboxylic acids is 1. The predicted octanol–water partition coefficient (Wildman–Crippen LogP) is 0.895. The lowest BCUT2D eigenvalue weighted by atomic mass is 10.1. The van der Waals surface area contributed by atoms with Crippen molar-refractivity contribution in [2.24, 2.45) is 0 Å². The van der Waals surface area contributed by atoms with Crippen molar-refractivity contribution in [3.05, 3.63) is 17.5 Å². The molecule has 0 radical (unpaired) electrons. The largest absolute Gasteiger partial charge is 0.480 e. The molecule has 94 valence electrons. The molecule has 0 aliphatic heterocycles. The molecule has 1 aromatic heterocycles. The molecule has 1 amide bonds. The molecule has 0 saturated heterocycles. The van der Waals surface area contributed by atoms with Gasteiger partial charge in [-0.05, 0) is 27.2 Å². The number of aliphatic carboxylic acids is 1. The summed E-state index contributed by atoms with van der Waals surface area (Å²) in [4.78, 5) is 22.3. The second kappa shape index (κ2) is 4.99. The van der Waals surface area contributed by atoms with Crippen molar-refractivity contribution in [1.29, 1.82) is 0 Å². The molecule has 6 nitrogen and oxygen atoms in total. The number of rotatable bonds is 5. The molecule has 0 saturated carbocycles. The van der Waals surface area contributed by atoms with Crippen LogP contribution in [0.15, 0.2) is 10.8 Å². The highest BCUT2D eigenvalue weighted by Crippen LogP contribution is 2.09. The highest BCUT2D eigenvalue weighted by molar-refractivity contribution is 5.86. The van der Waals surface area contributed by atoms with Gasteiger partial charge in [-0.3, -0.25) is 4.79 Å². The predicted molar refractivity (Wildman–Crippen MR) is 59.4 cm³/mol. The summed E-state index contributed by atoms with van der Waals surface area (Å²) in [5.41, 5.74) is 0.351. The van der Waals surface area contributed by atoms with E-state index in [1.165, 1.54) is 20.1 Å². The molecule has 0 bridgehead atoms. The standard InChI is InChI=1S/C11H16N2O4/c1-7-8(6-17-13-7)4-5-9(14)12-11(2,3)10(15)16/h6H,4-5H2,1-3H3,(H,12,14)(H,15,16). The number of hydrogen-bond donors (Lipinski definition) is 2. The van der Waals surface area contributed by atoms with Gasteiger partial charge in [0.2, 0.25) is 5.91 Å². The van der Waals surface area contributed by atoms with Crippen molar-refractivity contribution >= 4 is 11.9 Å². The zero-order valence-electron chi connectivity index (χ0n) is 10.1. The van der Waals surface area contributed by atoms with Crippen LogP contribution >= 0.6 is 0 Å². The monoisotopic (exact) mass is 240 g/mol. The molecule has 1 rings (SSSR count). The normalized spacial score (nSPS) is 11.2. The lowest BCUT2D eigenvalue weighted by Crippen LogP contribution is -2.49. The lowest BCUT2D eigenvalue weighted by Gasteiger charge is -2.20. The van der Waals surface area contributed by atoms with Crippen LogP contribution in [0.1, 0.15) is 31.5 Å². The van der Waals surface area contributed by atoms with Gasteiger partial charge in [-0.15, -0.1) is 0 Å². The molecule has 1 heterocycles. The molecule has 0 aromatic carbocycles. The average Bonchev–Trinajstić information content (AvgIpc) is 2.60. The van der Waals surface area contributed by atoms with Crippen molar-refractivity contribution in [3.8, 4) is 0 Å². The maximum atomic E-state index is 11.5. The highest BCUT2D eigenvalue weighted by Gasteiger charge is 2.28. The highest BCUT2D eigenvalue weighted by atomic mass is 16.5. The number of aromatic nitrogens is 1. The molecular formula is C11H16N2O4. The molecule has 0 unspecified atom stereocenters. The summed E-state index contributed by atoms with van der Waals surface area (Å²) < 4.78 is 4.74. The second-order valence-corrected chi connectivity index (χ2v) is 4.40. The summed E-state index contributed by atoms with van der Waals surface area (Å²) in [7, 11) is 0. The van der Waals surface area contributed by atoms with Crippen LogP contribution in [0.4, 0.5) is 0 Å². The van der Waals surface area contributed by atoms with Gasteiger partial charge in [-0.25, -0.2) is 4.79 Å². The van der Waals surface area contributed by atoms with Gasteiger partial charge in [0.1, 0.15) is 11.8 Å². The quantitative estimate of drug-likeness (QED) is 0.797. The molecule has 2 N–H and O–H groups in total. The Morgan fingerprint density at radius 3 is 2.65 bits per heavy atom. The minimum atomic E-state index is -1.25. The number of hydrogen-bond acceptors (Lipinski definition) is 4. The number of nitrogens with zero attached hydrogens (tertiary/aromatic N) is 1. The van der Waals surface area contributed by atoms with Gasteiger partial charge in [-0.2, -0.15) is 0 Å². The number of aryl methyl sites for hydroxylation is 2. The summed E-state index contributed by atoms with van der Waals surface area (Å²) in [5.74, 6) is -1.37. The third-order valence-electron chi connectivity index (χ3n) is 2.46. The number of amides is 1. The van der Waals surface area contributed by atoms with Crippen LogP contribution in [0.25, 0.3) is 0 Å². The summed E-state index contributed by atoms with van der Waals surface area (Å²) >= 11 is 0. The Kier molecular flexibility index (Phi) is 3.88. The van der Waals surface area contributed by atoms with Gasteiger partial charge in [0, 0.05) is 12.0 Å². The Hall–Kier alpha value is -1.85. The van der Waals surface area contributed by atoms with Crippen molar-refractivity contribution in [2.75, 3.05) is 0 Å². The van der Waals surface area contributed by atoms with E-state index in [9.17, 15) is 9.59 Å².